The van der Waals surface area contributed by atoms with E-state index < -0.39 is 0 Å². The molecule has 1 aliphatic rings. The van der Waals surface area contributed by atoms with Crippen molar-refractivity contribution >= 4 is 0 Å². The van der Waals surface area contributed by atoms with Crippen LogP contribution in [0.15, 0.2) is 60.9 Å². The molecule has 1 atom stereocenters. The highest BCUT2D eigenvalue weighted by molar-refractivity contribution is 5.17. The molecule has 0 bridgehead atoms. The maximum atomic E-state index is 5.52. The van der Waals surface area contributed by atoms with Gasteiger partial charge in [-0.05, 0) is 62.9 Å². The summed E-state index contributed by atoms with van der Waals surface area (Å²) >= 11 is 0. The van der Waals surface area contributed by atoms with Gasteiger partial charge in [-0.25, -0.2) is 0 Å². The zero-order valence-electron chi connectivity index (χ0n) is 20.9. The molecule has 3 aromatic rings. The number of aryl methyl sites for hydroxylation is 2. The first-order chi connectivity index (χ1) is 16.6. The van der Waals surface area contributed by atoms with E-state index >= 15 is 0 Å². The summed E-state index contributed by atoms with van der Waals surface area (Å²) in [6.07, 6.45) is 7.54. The lowest BCUT2D eigenvalue weighted by molar-refractivity contribution is 0.0563. The lowest BCUT2D eigenvalue weighted by Crippen LogP contribution is -2.47. The van der Waals surface area contributed by atoms with E-state index in [-0.39, 0.29) is 0 Å². The van der Waals surface area contributed by atoms with Crippen LogP contribution in [0, 0.1) is 12.8 Å². The number of hydrogen-bond acceptors (Lipinski definition) is 5. The monoisotopic (exact) mass is 461 g/mol. The molecular weight excluding hydrogens is 422 g/mol. The van der Waals surface area contributed by atoms with Crippen molar-refractivity contribution in [3.05, 3.63) is 83.4 Å². The van der Waals surface area contributed by atoms with Crippen LogP contribution in [-0.4, -0.2) is 64.0 Å². The molecule has 0 spiro atoms. The molecule has 4 rings (SSSR count). The van der Waals surface area contributed by atoms with Gasteiger partial charge in [0.15, 0.2) is 0 Å². The average Bonchev–Trinajstić information content (AvgIpc) is 3.18. The summed E-state index contributed by atoms with van der Waals surface area (Å²) in [7, 11) is 3.80. The van der Waals surface area contributed by atoms with Gasteiger partial charge < -0.3 is 4.74 Å². The SMILES string of the molecule is COCCN(Cc1ccccn1)[C@@H](Cc1ccccc1)C1CCN(Cc2cn(C)nc2C)CC1. The minimum Gasteiger partial charge on any atom is -0.383 e. The van der Waals surface area contributed by atoms with E-state index in [2.05, 4.69) is 75.5 Å². The van der Waals surface area contributed by atoms with E-state index in [1.54, 1.807) is 7.11 Å². The van der Waals surface area contributed by atoms with Crippen molar-refractivity contribution in [3.63, 3.8) is 0 Å². The number of benzene rings is 1. The van der Waals surface area contributed by atoms with Gasteiger partial charge in [0.05, 0.1) is 18.0 Å². The zero-order chi connectivity index (χ0) is 23.8. The molecule has 1 fully saturated rings. The van der Waals surface area contributed by atoms with Gasteiger partial charge in [-0.1, -0.05) is 36.4 Å². The van der Waals surface area contributed by atoms with Crippen molar-refractivity contribution in [2.75, 3.05) is 33.4 Å². The maximum Gasteiger partial charge on any atom is 0.0638 e. The third-order valence-electron chi connectivity index (χ3n) is 7.12. The highest BCUT2D eigenvalue weighted by atomic mass is 16.5. The summed E-state index contributed by atoms with van der Waals surface area (Å²) < 4.78 is 7.45. The number of ether oxygens (including phenoxy) is 1. The van der Waals surface area contributed by atoms with Crippen molar-refractivity contribution in [1.82, 2.24) is 24.6 Å². The summed E-state index contributed by atoms with van der Waals surface area (Å²) in [4.78, 5) is 9.84. The summed E-state index contributed by atoms with van der Waals surface area (Å²) in [5, 5.41) is 4.52. The Bertz CT molecular complexity index is 983. The highest BCUT2D eigenvalue weighted by Gasteiger charge is 2.31. The normalized spacial score (nSPS) is 16.2. The first-order valence-electron chi connectivity index (χ1n) is 12.5. The van der Waals surface area contributed by atoms with Crippen LogP contribution >= 0.6 is 0 Å². The topological polar surface area (TPSA) is 46.4 Å². The predicted molar refractivity (Wildman–Crippen MR) is 136 cm³/mol. The molecule has 0 radical (unpaired) electrons. The Morgan fingerprint density at radius 2 is 1.85 bits per heavy atom. The van der Waals surface area contributed by atoms with Crippen LogP contribution in [0.1, 0.15) is 35.4 Å². The molecular formula is C28H39N5O. The van der Waals surface area contributed by atoms with Gasteiger partial charge in [-0.3, -0.25) is 19.5 Å². The zero-order valence-corrected chi connectivity index (χ0v) is 20.9. The average molecular weight is 462 g/mol. The number of aromatic nitrogens is 3. The number of likely N-dealkylation sites (tertiary alicyclic amines) is 1. The molecule has 182 valence electrons. The fourth-order valence-corrected chi connectivity index (χ4v) is 5.26. The minimum absolute atomic E-state index is 0.460. The third-order valence-corrected chi connectivity index (χ3v) is 7.12. The number of pyridine rings is 1. The van der Waals surface area contributed by atoms with Gasteiger partial charge in [0.1, 0.15) is 0 Å². The molecule has 0 saturated carbocycles. The van der Waals surface area contributed by atoms with E-state index in [1.165, 1.54) is 24.0 Å². The lowest BCUT2D eigenvalue weighted by atomic mass is 9.84. The number of nitrogens with zero attached hydrogens (tertiary/aromatic N) is 5. The minimum atomic E-state index is 0.460. The Hall–Kier alpha value is -2.54. The van der Waals surface area contributed by atoms with Crippen LogP contribution in [0.5, 0.6) is 0 Å². The number of piperidine rings is 1. The molecule has 1 aromatic carbocycles. The summed E-state index contributed by atoms with van der Waals surface area (Å²) in [5.41, 5.74) is 5.02. The molecule has 1 aliphatic heterocycles. The second-order valence-corrected chi connectivity index (χ2v) is 9.57. The van der Waals surface area contributed by atoms with Gasteiger partial charge in [0.2, 0.25) is 0 Å². The molecule has 0 aliphatic carbocycles. The smallest absolute Gasteiger partial charge is 0.0638 e. The Morgan fingerprint density at radius 3 is 2.50 bits per heavy atom. The maximum absolute atomic E-state index is 5.52. The number of methoxy groups -OCH3 is 1. The van der Waals surface area contributed by atoms with E-state index in [0.29, 0.717) is 12.0 Å². The molecule has 6 heteroatoms. The largest absolute Gasteiger partial charge is 0.383 e. The quantitative estimate of drug-likeness (QED) is 0.430. The molecule has 6 nitrogen and oxygen atoms in total. The molecule has 1 saturated heterocycles. The van der Waals surface area contributed by atoms with Gasteiger partial charge in [-0.15, -0.1) is 0 Å². The van der Waals surface area contributed by atoms with Crippen molar-refractivity contribution in [3.8, 4) is 0 Å². The van der Waals surface area contributed by atoms with Crippen molar-refractivity contribution in [2.45, 2.75) is 45.3 Å². The molecule has 0 amide bonds. The third kappa shape index (κ3) is 6.75. The van der Waals surface area contributed by atoms with Crippen LogP contribution in [0.25, 0.3) is 0 Å². The standard InChI is InChI=1S/C28H39N5O/c1-23-26(20-31(2)30-23)21-32-15-12-25(13-16-32)28(19-24-9-5-4-6-10-24)33(17-18-34-3)22-27-11-7-8-14-29-27/h4-11,14,20,25,28H,12-13,15-19,21-22H2,1-3H3/t28-/m0/s1. The molecule has 2 aromatic heterocycles. The molecule has 0 N–H and O–H groups in total. The van der Waals surface area contributed by atoms with Crippen molar-refractivity contribution < 1.29 is 4.74 Å². The van der Waals surface area contributed by atoms with Crippen molar-refractivity contribution in [2.24, 2.45) is 13.0 Å². The molecule has 0 unspecified atom stereocenters. The van der Waals surface area contributed by atoms with E-state index in [9.17, 15) is 0 Å². The Balaban J connectivity index is 1.48. The van der Waals surface area contributed by atoms with Crippen LogP contribution in [0.3, 0.4) is 0 Å². The Morgan fingerprint density at radius 1 is 1.09 bits per heavy atom. The van der Waals surface area contributed by atoms with Gasteiger partial charge in [0, 0.05) is 57.8 Å². The fraction of sp³-hybridized carbons (Fsp3) is 0.500. The molecule has 3 heterocycles. The van der Waals surface area contributed by atoms with Gasteiger partial charge in [0.25, 0.3) is 0 Å². The summed E-state index contributed by atoms with van der Waals surface area (Å²) in [6, 6.07) is 17.6. The fourth-order valence-electron chi connectivity index (χ4n) is 5.26. The van der Waals surface area contributed by atoms with Crippen molar-refractivity contribution in [1.29, 1.82) is 0 Å². The van der Waals surface area contributed by atoms with Gasteiger partial charge in [-0.2, -0.15) is 5.10 Å². The Labute approximate surface area is 204 Å². The first-order valence-corrected chi connectivity index (χ1v) is 12.5. The molecule has 34 heavy (non-hydrogen) atoms. The van der Waals surface area contributed by atoms with Crippen LogP contribution < -0.4 is 0 Å². The second-order valence-electron chi connectivity index (χ2n) is 9.57. The number of rotatable bonds is 11. The predicted octanol–water partition coefficient (Wildman–Crippen LogP) is 4.10. The van der Waals surface area contributed by atoms with Crippen LogP contribution in [0.4, 0.5) is 0 Å². The number of hydrogen-bond donors (Lipinski definition) is 0. The Kier molecular flexibility index (Phi) is 8.85. The lowest BCUT2D eigenvalue weighted by Gasteiger charge is -2.41. The first kappa shape index (κ1) is 24.6. The van der Waals surface area contributed by atoms with Gasteiger partial charge >= 0.3 is 0 Å². The van der Waals surface area contributed by atoms with E-state index in [1.807, 2.05) is 24.0 Å². The van der Waals surface area contributed by atoms with Crippen LogP contribution in [0.2, 0.25) is 0 Å². The second kappa shape index (κ2) is 12.2. The highest BCUT2D eigenvalue weighted by Crippen LogP contribution is 2.29. The summed E-state index contributed by atoms with van der Waals surface area (Å²) in [5.74, 6) is 0.645. The van der Waals surface area contributed by atoms with E-state index in [0.717, 1.165) is 57.1 Å². The summed E-state index contributed by atoms with van der Waals surface area (Å²) in [6.45, 7) is 7.88. The van der Waals surface area contributed by atoms with Crippen LogP contribution in [-0.2, 0) is 31.3 Å². The van der Waals surface area contributed by atoms with E-state index in [4.69, 9.17) is 4.74 Å².